The van der Waals surface area contributed by atoms with E-state index in [-0.39, 0.29) is 42.1 Å². The van der Waals surface area contributed by atoms with Crippen LogP contribution in [0.4, 0.5) is 14.3 Å². The third kappa shape index (κ3) is 4.62. The zero-order valence-corrected chi connectivity index (χ0v) is 18.0. The van der Waals surface area contributed by atoms with Crippen molar-refractivity contribution >= 4 is 38.7 Å². The third-order valence-electron chi connectivity index (χ3n) is 4.40. The van der Waals surface area contributed by atoms with Crippen molar-refractivity contribution < 1.29 is 39.4 Å². The minimum atomic E-state index is -1.16. The number of aromatic carboxylic acids is 1. The van der Waals surface area contributed by atoms with Gasteiger partial charge in [-0.05, 0) is 31.2 Å². The number of halogens is 1. The summed E-state index contributed by atoms with van der Waals surface area (Å²) in [6.45, 7) is 2.21. The van der Waals surface area contributed by atoms with Crippen LogP contribution in [-0.4, -0.2) is 38.6 Å². The van der Waals surface area contributed by atoms with Crippen LogP contribution >= 0.6 is 11.3 Å². The minimum absolute atomic E-state index is 0. The molecule has 0 spiro atoms. The van der Waals surface area contributed by atoms with Gasteiger partial charge < -0.3 is 11.8 Å². The number of carbonyl (C=O) groups excluding carboxylic acids is 1. The summed E-state index contributed by atoms with van der Waals surface area (Å²) < 4.78 is 16.0. The molecule has 8 nitrogen and oxygen atoms in total. The van der Waals surface area contributed by atoms with E-state index < -0.39 is 17.8 Å². The van der Waals surface area contributed by atoms with Crippen molar-refractivity contribution in [1.29, 1.82) is 0 Å². The van der Waals surface area contributed by atoms with Crippen LogP contribution < -0.4 is 29.5 Å². The molecule has 0 aliphatic rings. The van der Waals surface area contributed by atoms with E-state index in [1.54, 1.807) is 37.4 Å². The van der Waals surface area contributed by atoms with Gasteiger partial charge in [0.2, 0.25) is 0 Å². The summed E-state index contributed by atoms with van der Waals surface area (Å²) in [6.07, 6.45) is 4.20. The van der Waals surface area contributed by atoms with Crippen molar-refractivity contribution in [3.8, 4) is 22.4 Å². The number of hydrogen-bond donors (Lipinski definition) is 3. The summed E-state index contributed by atoms with van der Waals surface area (Å²) in [4.78, 5) is 35.8. The average Bonchev–Trinajstić information content (AvgIpc) is 3.19. The molecule has 3 heterocycles. The fourth-order valence-electron chi connectivity index (χ4n) is 3.03. The van der Waals surface area contributed by atoms with E-state index in [0.29, 0.717) is 28.1 Å². The van der Waals surface area contributed by atoms with Crippen LogP contribution in [0, 0.1) is 5.82 Å². The minimum Gasteiger partial charge on any atom is -1.00 e. The first kappa shape index (κ1) is 23.3. The van der Waals surface area contributed by atoms with E-state index in [4.69, 9.17) is 0 Å². The quantitative estimate of drug-likeness (QED) is 0.401. The molecule has 0 radical (unpaired) electrons. The van der Waals surface area contributed by atoms with Gasteiger partial charge in [0.25, 0.3) is 0 Å². The monoisotopic (exact) mass is 445 g/mol. The van der Waals surface area contributed by atoms with Crippen molar-refractivity contribution in [2.24, 2.45) is 0 Å². The number of nitrogens with one attached hydrogen (secondary N) is 2. The Bertz CT molecular complexity index is 1310. The number of carbonyl (C=O) groups is 2. The number of carboxylic acid groups (broad SMARTS) is 1. The van der Waals surface area contributed by atoms with Gasteiger partial charge >= 0.3 is 30.9 Å². The maximum atomic E-state index is 15.5. The SMILES string of the molecule is CCNC(=O)Nc1nc2c(F)c(-c3cncc(C(=O)O)c3)cc(-c3ccccn3)c2s1.[H-].[Li+]. The summed E-state index contributed by atoms with van der Waals surface area (Å²) in [5.41, 5.74) is 1.61. The Hall–Kier alpha value is -3.32. The largest absolute Gasteiger partial charge is 1.00 e. The Morgan fingerprint density at radius 2 is 2.03 bits per heavy atom. The van der Waals surface area contributed by atoms with Gasteiger partial charge in [-0.15, -0.1) is 0 Å². The molecule has 3 N–H and O–H groups in total. The van der Waals surface area contributed by atoms with Crippen molar-refractivity contribution in [1.82, 2.24) is 20.3 Å². The predicted molar refractivity (Wildman–Crippen MR) is 117 cm³/mol. The molecule has 32 heavy (non-hydrogen) atoms. The first-order valence-corrected chi connectivity index (χ1v) is 10.1. The summed E-state index contributed by atoms with van der Waals surface area (Å²) in [6, 6.07) is 7.84. The maximum Gasteiger partial charge on any atom is 1.00 e. The van der Waals surface area contributed by atoms with Crippen LogP contribution in [0.2, 0.25) is 0 Å². The zero-order valence-electron chi connectivity index (χ0n) is 18.2. The first-order valence-electron chi connectivity index (χ1n) is 9.26. The Morgan fingerprint density at radius 3 is 2.72 bits per heavy atom. The van der Waals surface area contributed by atoms with E-state index in [1.807, 2.05) is 0 Å². The molecule has 4 rings (SSSR count). The van der Waals surface area contributed by atoms with Gasteiger partial charge in [0, 0.05) is 41.8 Å². The van der Waals surface area contributed by atoms with Gasteiger partial charge in [0.1, 0.15) is 5.52 Å². The molecular weight excluding hydrogens is 428 g/mol. The number of urea groups is 1. The maximum absolute atomic E-state index is 15.5. The van der Waals surface area contributed by atoms with Crippen molar-refractivity contribution in [2.75, 3.05) is 11.9 Å². The van der Waals surface area contributed by atoms with Crippen LogP contribution in [-0.2, 0) is 0 Å². The number of rotatable bonds is 5. The average molecular weight is 445 g/mol. The van der Waals surface area contributed by atoms with E-state index in [1.165, 1.54) is 18.5 Å². The number of aromatic nitrogens is 3. The van der Waals surface area contributed by atoms with Gasteiger partial charge in [-0.3, -0.25) is 15.3 Å². The number of thiazole rings is 1. The van der Waals surface area contributed by atoms with Crippen molar-refractivity contribution in [3.63, 3.8) is 0 Å². The van der Waals surface area contributed by atoms with Gasteiger partial charge in [0.05, 0.1) is 16.0 Å². The Labute approximate surface area is 199 Å². The molecule has 0 atom stereocenters. The predicted octanol–water partition coefficient (Wildman–Crippen LogP) is 1.52. The first-order chi connectivity index (χ1) is 15.0. The number of pyridine rings is 2. The molecular formula is C21H17FLiN5O3S. The second-order valence-corrected chi connectivity index (χ2v) is 7.45. The topological polar surface area (TPSA) is 117 Å². The normalized spacial score (nSPS) is 10.4. The molecule has 11 heteroatoms. The molecule has 0 aliphatic heterocycles. The zero-order chi connectivity index (χ0) is 22.0. The molecule has 0 saturated carbocycles. The van der Waals surface area contributed by atoms with Crippen LogP contribution in [0.15, 0.2) is 48.9 Å². The molecule has 1 aromatic carbocycles. The molecule has 0 saturated heterocycles. The summed E-state index contributed by atoms with van der Waals surface area (Å²) in [5.74, 6) is -1.80. The van der Waals surface area contributed by atoms with Crippen LogP contribution in [0.3, 0.4) is 0 Å². The van der Waals surface area contributed by atoms with Gasteiger partial charge in [-0.2, -0.15) is 0 Å². The molecule has 0 bridgehead atoms. The summed E-state index contributed by atoms with van der Waals surface area (Å²) >= 11 is 1.13. The van der Waals surface area contributed by atoms with E-state index in [0.717, 1.165) is 11.3 Å². The summed E-state index contributed by atoms with van der Waals surface area (Å²) in [7, 11) is 0. The molecule has 3 aromatic heterocycles. The number of amides is 2. The fourth-order valence-corrected chi connectivity index (χ4v) is 4.01. The van der Waals surface area contributed by atoms with E-state index in [9.17, 15) is 14.7 Å². The standard InChI is InChI=1S/C21H16FN5O3S.Li.H/c1-2-24-20(30)27-21-26-17-16(22)13(11-7-12(19(28)29)10-23-9-11)8-14(18(17)31-21)15-5-3-4-6-25-15;;/h3-10H,2H2,1H3,(H,28,29)(H2,24,26,27,30);;/q;+1;-1. The Balaban J connectivity index is 0.00000193. The summed E-state index contributed by atoms with van der Waals surface area (Å²) in [5, 5.41) is 14.7. The number of hydrogen-bond acceptors (Lipinski definition) is 6. The van der Waals surface area contributed by atoms with E-state index >= 15 is 4.39 Å². The molecule has 0 aliphatic carbocycles. The molecule has 2 amide bonds. The number of anilines is 1. The number of carboxylic acids is 1. The van der Waals surface area contributed by atoms with Crippen molar-refractivity contribution in [2.45, 2.75) is 6.92 Å². The van der Waals surface area contributed by atoms with Crippen LogP contribution in [0.25, 0.3) is 32.6 Å². The van der Waals surface area contributed by atoms with Crippen LogP contribution in [0.1, 0.15) is 18.7 Å². The fraction of sp³-hybridized carbons (Fsp3) is 0.0952. The van der Waals surface area contributed by atoms with E-state index in [2.05, 4.69) is 25.6 Å². The second kappa shape index (κ2) is 9.87. The second-order valence-electron chi connectivity index (χ2n) is 6.45. The molecule has 0 unspecified atom stereocenters. The molecule has 158 valence electrons. The van der Waals surface area contributed by atoms with Gasteiger partial charge in [-0.25, -0.2) is 19.0 Å². The third-order valence-corrected chi connectivity index (χ3v) is 5.40. The Kier molecular flexibility index (Phi) is 7.20. The number of benzene rings is 1. The van der Waals surface area contributed by atoms with Gasteiger partial charge in [0.15, 0.2) is 10.9 Å². The smallest absolute Gasteiger partial charge is 1.00 e. The Morgan fingerprint density at radius 1 is 1.22 bits per heavy atom. The van der Waals surface area contributed by atoms with Crippen molar-refractivity contribution in [3.05, 3.63) is 60.3 Å². The van der Waals surface area contributed by atoms with Crippen LogP contribution in [0.5, 0.6) is 0 Å². The molecule has 0 fully saturated rings. The number of nitrogens with zero attached hydrogens (tertiary/aromatic N) is 3. The molecule has 4 aromatic rings. The number of fused-ring (bicyclic) bond motifs is 1. The van der Waals surface area contributed by atoms with Gasteiger partial charge in [-0.1, -0.05) is 17.4 Å².